The van der Waals surface area contributed by atoms with Crippen LogP contribution in [0.4, 0.5) is 0 Å². The zero-order valence-corrected chi connectivity index (χ0v) is 12.4. The molecule has 112 valence electrons. The fourth-order valence-electron chi connectivity index (χ4n) is 2.56. The van der Waals surface area contributed by atoms with Gasteiger partial charge in [-0.2, -0.15) is 0 Å². The first-order valence-electron chi connectivity index (χ1n) is 7.21. The van der Waals surface area contributed by atoms with Crippen LogP contribution in [-0.2, 0) is 17.8 Å². The number of nitrogens with one attached hydrogen (secondary N) is 1. The molecule has 0 radical (unpaired) electrons. The molecule has 1 heterocycles. The van der Waals surface area contributed by atoms with E-state index in [1.165, 1.54) is 0 Å². The summed E-state index contributed by atoms with van der Waals surface area (Å²) in [5, 5.41) is 10.9. The number of benzene rings is 2. The van der Waals surface area contributed by atoms with E-state index in [2.05, 4.69) is 4.98 Å². The van der Waals surface area contributed by atoms with Crippen molar-refractivity contribution in [2.75, 3.05) is 7.05 Å². The number of amides is 1. The van der Waals surface area contributed by atoms with Crippen molar-refractivity contribution in [3.63, 3.8) is 0 Å². The second-order valence-corrected chi connectivity index (χ2v) is 5.41. The minimum absolute atomic E-state index is 0.0213. The van der Waals surface area contributed by atoms with Gasteiger partial charge in [-0.05, 0) is 17.7 Å². The molecule has 0 spiro atoms. The number of likely N-dealkylation sites (N-methyl/N-ethyl adjacent to an activating group) is 1. The second kappa shape index (κ2) is 5.93. The number of carbonyl (C=O) groups is 1. The number of phenolic OH excluding ortho intramolecular Hbond substituents is 1. The Kier molecular flexibility index (Phi) is 3.83. The number of nitrogens with zero attached hydrogens (tertiary/aromatic N) is 1. The minimum Gasteiger partial charge on any atom is -0.508 e. The molecule has 0 aliphatic rings. The highest BCUT2D eigenvalue weighted by molar-refractivity contribution is 5.88. The smallest absolute Gasteiger partial charge is 0.227 e. The first kappa shape index (κ1) is 14.2. The first-order valence-corrected chi connectivity index (χ1v) is 7.21. The molecule has 0 aliphatic carbocycles. The van der Waals surface area contributed by atoms with Crippen molar-refractivity contribution < 1.29 is 9.90 Å². The highest BCUT2D eigenvalue weighted by Crippen LogP contribution is 2.20. The average molecular weight is 294 g/mol. The molecule has 0 saturated carbocycles. The van der Waals surface area contributed by atoms with E-state index >= 15 is 0 Å². The lowest BCUT2D eigenvalue weighted by Crippen LogP contribution is -2.27. The topological polar surface area (TPSA) is 56.3 Å². The minimum atomic E-state index is 0.0213. The number of fused-ring (bicyclic) bond motifs is 1. The fraction of sp³-hybridized carbons (Fsp3) is 0.167. The van der Waals surface area contributed by atoms with Crippen LogP contribution in [0.3, 0.4) is 0 Å². The molecule has 0 aliphatic heterocycles. The number of aromatic hydroxyl groups is 1. The molecule has 1 aromatic heterocycles. The van der Waals surface area contributed by atoms with Crippen LogP contribution in [-0.4, -0.2) is 27.9 Å². The van der Waals surface area contributed by atoms with Gasteiger partial charge in [0.05, 0.1) is 6.42 Å². The number of para-hydroxylation sites is 2. The molecule has 3 aromatic rings. The van der Waals surface area contributed by atoms with Gasteiger partial charge in [0, 0.05) is 36.3 Å². The van der Waals surface area contributed by atoms with Crippen molar-refractivity contribution in [3.8, 4) is 5.75 Å². The third kappa shape index (κ3) is 2.81. The predicted molar refractivity (Wildman–Crippen MR) is 86.6 cm³/mol. The molecule has 0 saturated heterocycles. The Balaban J connectivity index is 1.73. The van der Waals surface area contributed by atoms with Crippen LogP contribution in [0.15, 0.2) is 54.7 Å². The quantitative estimate of drug-likeness (QED) is 0.777. The molecule has 0 unspecified atom stereocenters. The summed E-state index contributed by atoms with van der Waals surface area (Å²) < 4.78 is 0. The van der Waals surface area contributed by atoms with Crippen molar-refractivity contribution in [1.82, 2.24) is 9.88 Å². The molecule has 2 N–H and O–H groups in total. The van der Waals surface area contributed by atoms with Crippen LogP contribution in [0.2, 0.25) is 0 Å². The van der Waals surface area contributed by atoms with Gasteiger partial charge in [0.25, 0.3) is 0 Å². The molecule has 4 nitrogen and oxygen atoms in total. The summed E-state index contributed by atoms with van der Waals surface area (Å²) in [5.74, 6) is 0.238. The van der Waals surface area contributed by atoms with Gasteiger partial charge in [-0.3, -0.25) is 4.79 Å². The van der Waals surface area contributed by atoms with E-state index in [9.17, 15) is 9.90 Å². The highest BCUT2D eigenvalue weighted by atomic mass is 16.3. The number of H-pyrrole nitrogens is 1. The number of aromatic amines is 1. The van der Waals surface area contributed by atoms with Gasteiger partial charge in [-0.1, -0.05) is 36.4 Å². The molecule has 22 heavy (non-hydrogen) atoms. The Hall–Kier alpha value is -2.75. The third-order valence-electron chi connectivity index (χ3n) is 3.84. The zero-order valence-electron chi connectivity index (χ0n) is 12.4. The van der Waals surface area contributed by atoms with Crippen LogP contribution in [0, 0.1) is 0 Å². The van der Waals surface area contributed by atoms with Crippen molar-refractivity contribution in [2.24, 2.45) is 0 Å². The number of rotatable bonds is 4. The summed E-state index contributed by atoms with van der Waals surface area (Å²) in [6.07, 6.45) is 2.23. The summed E-state index contributed by atoms with van der Waals surface area (Å²) in [5.41, 5.74) is 2.77. The first-order chi connectivity index (χ1) is 10.6. The van der Waals surface area contributed by atoms with Gasteiger partial charge in [0.15, 0.2) is 0 Å². The lowest BCUT2D eigenvalue weighted by Gasteiger charge is -2.17. The summed E-state index contributed by atoms with van der Waals surface area (Å²) in [6.45, 7) is 0.397. The van der Waals surface area contributed by atoms with Gasteiger partial charge in [0.2, 0.25) is 5.91 Å². The average Bonchev–Trinajstić information content (AvgIpc) is 2.93. The van der Waals surface area contributed by atoms with E-state index in [0.29, 0.717) is 13.0 Å². The SMILES string of the molecule is CN(Cc1ccccc1O)C(=O)Cc1c[nH]c2ccccc12. The molecule has 0 bridgehead atoms. The maximum Gasteiger partial charge on any atom is 0.227 e. The van der Waals surface area contributed by atoms with Gasteiger partial charge in [0.1, 0.15) is 5.75 Å². The molecule has 0 atom stereocenters. The highest BCUT2D eigenvalue weighted by Gasteiger charge is 2.14. The van der Waals surface area contributed by atoms with Crippen molar-refractivity contribution in [1.29, 1.82) is 0 Å². The predicted octanol–water partition coefficient (Wildman–Crippen LogP) is 3.07. The molecule has 4 heteroatoms. The monoisotopic (exact) mass is 294 g/mol. The number of aromatic nitrogens is 1. The molecule has 1 amide bonds. The normalized spacial score (nSPS) is 10.8. The standard InChI is InChI=1S/C18H18N2O2/c1-20(12-13-6-2-5-9-17(13)21)18(22)10-14-11-19-16-8-4-3-7-15(14)16/h2-9,11,19,21H,10,12H2,1H3. The van der Waals surface area contributed by atoms with Crippen molar-refractivity contribution >= 4 is 16.8 Å². The van der Waals surface area contributed by atoms with Gasteiger partial charge in [-0.15, -0.1) is 0 Å². The summed E-state index contributed by atoms with van der Waals surface area (Å²) >= 11 is 0. The van der Waals surface area contributed by atoms with E-state index in [4.69, 9.17) is 0 Å². The van der Waals surface area contributed by atoms with Gasteiger partial charge in [-0.25, -0.2) is 0 Å². The van der Waals surface area contributed by atoms with Crippen molar-refractivity contribution in [2.45, 2.75) is 13.0 Å². The van der Waals surface area contributed by atoms with E-state index in [0.717, 1.165) is 22.0 Å². The number of hydrogen-bond donors (Lipinski definition) is 2. The lowest BCUT2D eigenvalue weighted by atomic mass is 10.1. The van der Waals surface area contributed by atoms with E-state index in [1.807, 2.05) is 42.6 Å². The molecule has 0 fully saturated rings. The fourth-order valence-corrected chi connectivity index (χ4v) is 2.56. The summed E-state index contributed by atoms with van der Waals surface area (Å²) in [6, 6.07) is 15.0. The second-order valence-electron chi connectivity index (χ2n) is 5.41. The number of carbonyl (C=O) groups excluding carboxylic acids is 1. The maximum atomic E-state index is 12.4. The molecular formula is C18H18N2O2. The van der Waals surface area contributed by atoms with Crippen LogP contribution in [0.5, 0.6) is 5.75 Å². The maximum absolute atomic E-state index is 12.4. The van der Waals surface area contributed by atoms with E-state index in [-0.39, 0.29) is 11.7 Å². The van der Waals surface area contributed by atoms with Crippen LogP contribution >= 0.6 is 0 Å². The Bertz CT molecular complexity index is 807. The van der Waals surface area contributed by atoms with Crippen LogP contribution in [0.25, 0.3) is 10.9 Å². The van der Waals surface area contributed by atoms with Crippen molar-refractivity contribution in [3.05, 3.63) is 65.9 Å². The van der Waals surface area contributed by atoms with E-state index in [1.54, 1.807) is 24.1 Å². The van der Waals surface area contributed by atoms with E-state index < -0.39 is 0 Å². The Labute approximate surface area is 129 Å². The summed E-state index contributed by atoms with van der Waals surface area (Å²) in [7, 11) is 1.75. The number of hydrogen-bond acceptors (Lipinski definition) is 2. The van der Waals surface area contributed by atoms with Crippen LogP contribution < -0.4 is 0 Å². The van der Waals surface area contributed by atoms with Gasteiger partial charge < -0.3 is 15.0 Å². The Morgan fingerprint density at radius 2 is 1.82 bits per heavy atom. The largest absolute Gasteiger partial charge is 0.508 e. The molecular weight excluding hydrogens is 276 g/mol. The molecule has 3 rings (SSSR count). The number of phenols is 1. The summed E-state index contributed by atoms with van der Waals surface area (Å²) in [4.78, 5) is 17.2. The van der Waals surface area contributed by atoms with Gasteiger partial charge >= 0.3 is 0 Å². The Morgan fingerprint density at radius 1 is 1.09 bits per heavy atom. The Morgan fingerprint density at radius 3 is 2.64 bits per heavy atom. The van der Waals surface area contributed by atoms with Crippen LogP contribution in [0.1, 0.15) is 11.1 Å². The lowest BCUT2D eigenvalue weighted by molar-refractivity contribution is -0.129. The third-order valence-corrected chi connectivity index (χ3v) is 3.84. The zero-order chi connectivity index (χ0) is 15.5. The molecule has 2 aromatic carbocycles.